The zero-order chi connectivity index (χ0) is 8.98. The Morgan fingerprint density at radius 3 is 2.75 bits per heavy atom. The van der Waals surface area contributed by atoms with Crippen molar-refractivity contribution in [3.63, 3.8) is 0 Å². The zero-order valence-electron chi connectivity index (χ0n) is 5.90. The third-order valence-electron chi connectivity index (χ3n) is 2.28. The maximum absolute atomic E-state index is 6.05. The molecule has 0 aromatic carbocycles. The van der Waals surface area contributed by atoms with Crippen LogP contribution in [0.25, 0.3) is 0 Å². The first kappa shape index (κ1) is 9.99. The normalized spacial score (nSPS) is 51.0. The van der Waals surface area contributed by atoms with Crippen molar-refractivity contribution in [2.75, 3.05) is 13.4 Å². The van der Waals surface area contributed by atoms with Crippen LogP contribution in [0.15, 0.2) is 0 Å². The van der Waals surface area contributed by atoms with Crippen molar-refractivity contribution in [3.8, 4) is 0 Å². The average molecular weight is 341 g/mol. The highest BCUT2D eigenvalue weighted by molar-refractivity contribution is 9.12. The van der Waals surface area contributed by atoms with Gasteiger partial charge < -0.3 is 9.47 Å². The minimum Gasteiger partial charge on any atom is -0.355 e. The van der Waals surface area contributed by atoms with Crippen LogP contribution >= 0.6 is 55.1 Å². The van der Waals surface area contributed by atoms with Crippen LogP contribution in [0.5, 0.6) is 0 Å². The Morgan fingerprint density at radius 1 is 1.42 bits per heavy atom. The van der Waals surface area contributed by atoms with Gasteiger partial charge in [0.2, 0.25) is 0 Å². The van der Waals surface area contributed by atoms with Gasteiger partial charge in [0.25, 0.3) is 0 Å². The van der Waals surface area contributed by atoms with Crippen molar-refractivity contribution in [1.82, 2.24) is 0 Å². The maximum Gasteiger partial charge on any atom is 0.148 e. The molecule has 0 N–H and O–H groups in total. The molecule has 0 amide bonds. The van der Waals surface area contributed by atoms with Crippen LogP contribution in [-0.2, 0) is 9.47 Å². The summed E-state index contributed by atoms with van der Waals surface area (Å²) in [6.07, 6.45) is 0. The van der Waals surface area contributed by atoms with Gasteiger partial charge in [-0.2, -0.15) is 0 Å². The predicted molar refractivity (Wildman–Crippen MR) is 54.2 cm³/mol. The summed E-state index contributed by atoms with van der Waals surface area (Å²) < 4.78 is 9.25. The fourth-order valence-corrected chi connectivity index (χ4v) is 4.30. The van der Waals surface area contributed by atoms with E-state index in [2.05, 4.69) is 31.9 Å². The second-order valence-electron chi connectivity index (χ2n) is 2.91. The molecule has 1 aliphatic carbocycles. The number of rotatable bonds is 0. The standard InChI is InChI=1S/C6H6Br2Cl2O2/c7-4-5(8)3(6(5,9)10)1-11-2-12-4/h3-4H,1-2H2. The van der Waals surface area contributed by atoms with E-state index < -0.39 is 8.66 Å². The summed E-state index contributed by atoms with van der Waals surface area (Å²) in [6, 6.07) is 0. The van der Waals surface area contributed by atoms with Gasteiger partial charge in [0.1, 0.15) is 20.5 Å². The van der Waals surface area contributed by atoms with Gasteiger partial charge in [-0.25, -0.2) is 0 Å². The van der Waals surface area contributed by atoms with E-state index in [1.807, 2.05) is 0 Å². The number of ether oxygens (including phenoxy) is 2. The van der Waals surface area contributed by atoms with Crippen LogP contribution in [0, 0.1) is 5.92 Å². The Kier molecular flexibility index (Phi) is 2.48. The first-order chi connectivity index (χ1) is 5.51. The van der Waals surface area contributed by atoms with Crippen LogP contribution in [-0.4, -0.2) is 27.1 Å². The molecule has 1 heterocycles. The van der Waals surface area contributed by atoms with Gasteiger partial charge in [-0.05, 0) is 0 Å². The number of fused-ring (bicyclic) bond motifs is 1. The van der Waals surface area contributed by atoms with E-state index in [1.165, 1.54) is 0 Å². The Balaban J connectivity index is 2.23. The van der Waals surface area contributed by atoms with Crippen LogP contribution in [0.3, 0.4) is 0 Å². The van der Waals surface area contributed by atoms with E-state index in [0.29, 0.717) is 6.61 Å². The molecule has 3 unspecified atom stereocenters. The van der Waals surface area contributed by atoms with Crippen LogP contribution in [0.2, 0.25) is 0 Å². The minimum absolute atomic E-state index is 0.0835. The van der Waals surface area contributed by atoms with Crippen molar-refractivity contribution in [3.05, 3.63) is 0 Å². The first-order valence-corrected chi connectivity index (χ1v) is 5.88. The van der Waals surface area contributed by atoms with Crippen molar-refractivity contribution < 1.29 is 9.47 Å². The van der Waals surface area contributed by atoms with Crippen LogP contribution in [0.1, 0.15) is 0 Å². The summed E-state index contributed by atoms with van der Waals surface area (Å²) in [6.45, 7) is 0.809. The maximum atomic E-state index is 6.05. The summed E-state index contributed by atoms with van der Waals surface area (Å²) in [5.74, 6) is 0.0835. The summed E-state index contributed by atoms with van der Waals surface area (Å²) in [5, 5.41) is -0.201. The van der Waals surface area contributed by atoms with Crippen LogP contribution in [0.4, 0.5) is 0 Å². The lowest BCUT2D eigenvalue weighted by atomic mass is 10.3. The molecule has 2 nitrogen and oxygen atoms in total. The molecule has 70 valence electrons. The predicted octanol–water partition coefficient (Wildman–Crippen LogP) is 2.65. The number of alkyl halides is 4. The van der Waals surface area contributed by atoms with Gasteiger partial charge in [0.15, 0.2) is 0 Å². The van der Waals surface area contributed by atoms with E-state index in [4.69, 9.17) is 32.7 Å². The molecule has 2 fully saturated rings. The van der Waals surface area contributed by atoms with Gasteiger partial charge in [-0.3, -0.25) is 0 Å². The van der Waals surface area contributed by atoms with Gasteiger partial charge in [0.05, 0.1) is 6.61 Å². The largest absolute Gasteiger partial charge is 0.355 e. The molecular formula is C6H6Br2Cl2O2. The summed E-state index contributed by atoms with van der Waals surface area (Å²) >= 11 is 18.9. The molecule has 2 rings (SSSR count). The Hall–Kier alpha value is 1.46. The number of hydrogen-bond donors (Lipinski definition) is 0. The van der Waals surface area contributed by atoms with E-state index in [9.17, 15) is 0 Å². The lowest BCUT2D eigenvalue weighted by molar-refractivity contribution is -0.0493. The summed E-state index contributed by atoms with van der Waals surface area (Å²) in [4.78, 5) is 0. The second-order valence-corrected chi connectivity index (χ2v) is 6.44. The van der Waals surface area contributed by atoms with E-state index in [1.54, 1.807) is 0 Å². The third-order valence-corrected chi connectivity index (χ3v) is 7.09. The molecule has 0 radical (unpaired) electrons. The molecule has 2 aliphatic rings. The fraction of sp³-hybridized carbons (Fsp3) is 1.00. The summed E-state index contributed by atoms with van der Waals surface area (Å²) in [5.41, 5.74) is 0. The molecule has 0 bridgehead atoms. The lowest BCUT2D eigenvalue weighted by Gasteiger charge is -2.16. The highest BCUT2D eigenvalue weighted by atomic mass is 79.9. The zero-order valence-corrected chi connectivity index (χ0v) is 10.6. The Morgan fingerprint density at radius 2 is 2.08 bits per heavy atom. The molecule has 1 saturated heterocycles. The van der Waals surface area contributed by atoms with Gasteiger partial charge in [-0.1, -0.05) is 55.1 Å². The fourth-order valence-electron chi connectivity index (χ4n) is 1.39. The van der Waals surface area contributed by atoms with Crippen molar-refractivity contribution in [2.24, 2.45) is 5.92 Å². The van der Waals surface area contributed by atoms with Gasteiger partial charge in [0, 0.05) is 5.92 Å². The summed E-state index contributed by atoms with van der Waals surface area (Å²) in [7, 11) is 0. The molecular weight excluding hydrogens is 335 g/mol. The smallest absolute Gasteiger partial charge is 0.148 e. The van der Waals surface area contributed by atoms with Crippen molar-refractivity contribution in [1.29, 1.82) is 0 Å². The molecule has 3 atom stereocenters. The SMILES string of the molecule is ClC1(Cl)C2COCOC(Br)C21Br. The van der Waals surface area contributed by atoms with E-state index in [0.717, 1.165) is 0 Å². The molecule has 1 saturated carbocycles. The monoisotopic (exact) mass is 338 g/mol. The number of hydrogen-bond acceptors (Lipinski definition) is 2. The topological polar surface area (TPSA) is 18.5 Å². The van der Waals surface area contributed by atoms with Crippen molar-refractivity contribution >= 4 is 55.1 Å². The molecule has 1 aliphatic heterocycles. The number of halogens is 4. The quantitative estimate of drug-likeness (QED) is 0.631. The molecule has 12 heavy (non-hydrogen) atoms. The van der Waals surface area contributed by atoms with E-state index in [-0.39, 0.29) is 17.7 Å². The molecule has 0 spiro atoms. The molecule has 0 aromatic rings. The van der Waals surface area contributed by atoms with Crippen molar-refractivity contribution in [2.45, 2.75) is 13.7 Å². The highest BCUT2D eigenvalue weighted by Gasteiger charge is 2.79. The van der Waals surface area contributed by atoms with Gasteiger partial charge in [-0.15, -0.1) is 0 Å². The van der Waals surface area contributed by atoms with E-state index >= 15 is 0 Å². The Labute approximate surface area is 97.1 Å². The van der Waals surface area contributed by atoms with Gasteiger partial charge >= 0.3 is 0 Å². The third kappa shape index (κ3) is 1.12. The Bertz CT molecular complexity index is 214. The second kappa shape index (κ2) is 2.97. The lowest BCUT2D eigenvalue weighted by Crippen LogP contribution is -2.24. The molecule has 6 heteroatoms. The average Bonchev–Trinajstić information content (AvgIpc) is 2.48. The highest BCUT2D eigenvalue weighted by Crippen LogP contribution is 2.71. The minimum atomic E-state index is -0.790. The molecule has 0 aromatic heterocycles. The first-order valence-electron chi connectivity index (χ1n) is 3.41. The van der Waals surface area contributed by atoms with Crippen LogP contribution < -0.4 is 0 Å².